The number of hydrogen-bond acceptors (Lipinski definition) is 4. The van der Waals surface area contributed by atoms with Gasteiger partial charge in [0.1, 0.15) is 11.5 Å². The number of hydrogen-bond donors (Lipinski definition) is 1. The van der Waals surface area contributed by atoms with Gasteiger partial charge in [0.2, 0.25) is 15.9 Å². The summed E-state index contributed by atoms with van der Waals surface area (Å²) >= 11 is 6.02. The fourth-order valence-corrected chi connectivity index (χ4v) is 2.46. The lowest BCUT2D eigenvalue weighted by atomic mass is 10.2. The minimum Gasteiger partial charge on any atom is -0.460 e. The van der Waals surface area contributed by atoms with Gasteiger partial charge in [0.05, 0.1) is 12.8 Å². The van der Waals surface area contributed by atoms with Crippen LogP contribution in [0, 0.1) is 6.92 Å². The van der Waals surface area contributed by atoms with Crippen LogP contribution in [-0.4, -0.2) is 31.9 Å². The maximum atomic E-state index is 11.9. The third-order valence-corrected chi connectivity index (χ3v) is 5.13. The van der Waals surface area contributed by atoms with Crippen LogP contribution in [0.15, 0.2) is 40.8 Å². The van der Waals surface area contributed by atoms with Crippen molar-refractivity contribution in [3.63, 3.8) is 0 Å². The highest BCUT2D eigenvalue weighted by Crippen LogP contribution is 2.20. The Morgan fingerprint density at radius 3 is 2.68 bits per heavy atom. The van der Waals surface area contributed by atoms with Crippen LogP contribution in [-0.2, 0) is 21.4 Å². The fraction of sp³-hybridized carbons (Fsp3) is 0.235. The first-order chi connectivity index (χ1) is 11.6. The van der Waals surface area contributed by atoms with E-state index in [4.69, 9.17) is 16.0 Å². The van der Waals surface area contributed by atoms with Gasteiger partial charge in [0.25, 0.3) is 0 Å². The van der Waals surface area contributed by atoms with Crippen molar-refractivity contribution in [2.24, 2.45) is 0 Å². The normalized spacial score (nSPS) is 12.0. The van der Waals surface area contributed by atoms with Crippen LogP contribution in [0.25, 0.3) is 6.08 Å². The number of nitrogens with zero attached hydrogens (tertiary/aromatic N) is 1. The number of halogens is 1. The summed E-state index contributed by atoms with van der Waals surface area (Å²) in [5.74, 6) is 0.610. The van der Waals surface area contributed by atoms with E-state index < -0.39 is 10.0 Å². The van der Waals surface area contributed by atoms with Crippen LogP contribution < -0.4 is 5.32 Å². The Kier molecular flexibility index (Phi) is 6.05. The molecule has 6 nitrogen and oxygen atoms in total. The molecule has 0 aliphatic heterocycles. The standard InChI is InChI=1S/C17H19ClN2O4S/c1-12-4-5-13(10-16(12)18)19-17(21)9-8-14-6-7-15(24-14)11-20(2)25(3,22)23/h4-10H,11H2,1-3H3,(H,19,21)/b9-8+. The second kappa shape index (κ2) is 7.86. The van der Waals surface area contributed by atoms with Crippen molar-refractivity contribution in [2.75, 3.05) is 18.6 Å². The molecular formula is C17H19ClN2O4S. The zero-order valence-electron chi connectivity index (χ0n) is 14.1. The molecule has 0 spiro atoms. The van der Waals surface area contributed by atoms with Crippen LogP contribution in [0.5, 0.6) is 0 Å². The van der Waals surface area contributed by atoms with Crippen molar-refractivity contribution in [2.45, 2.75) is 13.5 Å². The third-order valence-electron chi connectivity index (χ3n) is 3.47. The van der Waals surface area contributed by atoms with Crippen molar-refractivity contribution in [1.29, 1.82) is 0 Å². The zero-order chi connectivity index (χ0) is 18.6. The molecule has 8 heteroatoms. The number of sulfonamides is 1. The van der Waals surface area contributed by atoms with Gasteiger partial charge >= 0.3 is 0 Å². The molecule has 0 saturated heterocycles. The Balaban J connectivity index is 1.97. The molecule has 0 unspecified atom stereocenters. The molecule has 1 heterocycles. The molecule has 25 heavy (non-hydrogen) atoms. The zero-order valence-corrected chi connectivity index (χ0v) is 15.7. The first-order valence-corrected chi connectivity index (χ1v) is 9.63. The molecule has 0 fully saturated rings. The Hall–Kier alpha value is -2.09. The van der Waals surface area contributed by atoms with Crippen molar-refractivity contribution in [3.05, 3.63) is 58.5 Å². The summed E-state index contributed by atoms with van der Waals surface area (Å²) in [6.45, 7) is 2.00. The summed E-state index contributed by atoms with van der Waals surface area (Å²) < 4.78 is 29.4. The average Bonchev–Trinajstić information content (AvgIpc) is 2.95. The van der Waals surface area contributed by atoms with Crippen LogP contribution in [0.4, 0.5) is 5.69 Å². The lowest BCUT2D eigenvalue weighted by molar-refractivity contribution is -0.111. The van der Waals surface area contributed by atoms with E-state index in [0.29, 0.717) is 22.2 Å². The van der Waals surface area contributed by atoms with E-state index in [0.717, 1.165) is 11.8 Å². The van der Waals surface area contributed by atoms with Gasteiger partial charge in [-0.15, -0.1) is 0 Å². The van der Waals surface area contributed by atoms with Gasteiger partial charge in [-0.1, -0.05) is 17.7 Å². The monoisotopic (exact) mass is 382 g/mol. The Bertz CT molecular complexity index is 903. The second-order valence-electron chi connectivity index (χ2n) is 5.61. The average molecular weight is 383 g/mol. The van der Waals surface area contributed by atoms with E-state index in [2.05, 4.69) is 5.32 Å². The quantitative estimate of drug-likeness (QED) is 0.777. The third kappa shape index (κ3) is 5.74. The summed E-state index contributed by atoms with van der Waals surface area (Å²) in [6, 6.07) is 8.59. The molecule has 0 aliphatic rings. The van der Waals surface area contributed by atoms with Gasteiger partial charge < -0.3 is 9.73 Å². The van der Waals surface area contributed by atoms with Crippen LogP contribution in [0.3, 0.4) is 0 Å². The molecule has 1 amide bonds. The summed E-state index contributed by atoms with van der Waals surface area (Å²) in [5.41, 5.74) is 1.53. The highest BCUT2D eigenvalue weighted by atomic mass is 35.5. The number of nitrogens with one attached hydrogen (secondary N) is 1. The Morgan fingerprint density at radius 1 is 1.32 bits per heavy atom. The van der Waals surface area contributed by atoms with Crippen LogP contribution in [0.1, 0.15) is 17.1 Å². The molecule has 0 aliphatic carbocycles. The number of amides is 1. The van der Waals surface area contributed by atoms with Crippen molar-refractivity contribution in [1.82, 2.24) is 4.31 Å². The molecule has 134 valence electrons. The molecule has 2 aromatic rings. The number of furan rings is 1. The minimum atomic E-state index is -3.28. The summed E-state index contributed by atoms with van der Waals surface area (Å²) in [5, 5.41) is 3.28. The first-order valence-electron chi connectivity index (χ1n) is 7.40. The number of carbonyl (C=O) groups excluding carboxylic acids is 1. The summed E-state index contributed by atoms with van der Waals surface area (Å²) in [4.78, 5) is 11.9. The number of aryl methyl sites for hydroxylation is 1. The van der Waals surface area contributed by atoms with Gasteiger partial charge in [-0.05, 0) is 42.8 Å². The Labute approximate surface area is 152 Å². The SMILES string of the molecule is Cc1ccc(NC(=O)/C=C/c2ccc(CN(C)S(C)(=O)=O)o2)cc1Cl. The van der Waals surface area contributed by atoms with Crippen LogP contribution in [0.2, 0.25) is 5.02 Å². The predicted octanol–water partition coefficient (Wildman–Crippen LogP) is 3.28. The molecule has 1 aromatic heterocycles. The van der Waals surface area contributed by atoms with Crippen molar-refractivity contribution in [3.8, 4) is 0 Å². The van der Waals surface area contributed by atoms with Gasteiger partial charge in [0, 0.05) is 23.8 Å². The predicted molar refractivity (Wildman–Crippen MR) is 98.9 cm³/mol. The molecule has 2 rings (SSSR count). The van der Waals surface area contributed by atoms with E-state index in [9.17, 15) is 13.2 Å². The van der Waals surface area contributed by atoms with E-state index in [1.807, 2.05) is 13.0 Å². The van der Waals surface area contributed by atoms with Gasteiger partial charge in [-0.25, -0.2) is 8.42 Å². The highest BCUT2D eigenvalue weighted by molar-refractivity contribution is 7.88. The second-order valence-corrected chi connectivity index (χ2v) is 8.11. The molecule has 0 bridgehead atoms. The summed E-state index contributed by atoms with van der Waals surface area (Å²) in [7, 11) is -1.81. The van der Waals surface area contributed by atoms with E-state index in [-0.39, 0.29) is 12.5 Å². The summed E-state index contributed by atoms with van der Waals surface area (Å²) in [6.07, 6.45) is 3.96. The number of anilines is 1. The largest absolute Gasteiger partial charge is 0.460 e. The highest BCUT2D eigenvalue weighted by Gasteiger charge is 2.13. The van der Waals surface area contributed by atoms with E-state index in [1.165, 1.54) is 23.5 Å². The molecule has 1 aromatic carbocycles. The van der Waals surface area contributed by atoms with Gasteiger partial charge in [-0.2, -0.15) is 4.31 Å². The number of carbonyl (C=O) groups is 1. The first kappa shape index (κ1) is 19.2. The lowest BCUT2D eigenvalue weighted by Crippen LogP contribution is -2.24. The lowest BCUT2D eigenvalue weighted by Gasteiger charge is -2.11. The maximum absolute atomic E-state index is 11.9. The molecular weight excluding hydrogens is 364 g/mol. The number of rotatable bonds is 6. The fourth-order valence-electron chi connectivity index (χ4n) is 1.92. The maximum Gasteiger partial charge on any atom is 0.248 e. The van der Waals surface area contributed by atoms with Crippen molar-refractivity contribution < 1.29 is 17.6 Å². The molecule has 0 radical (unpaired) electrons. The van der Waals surface area contributed by atoms with E-state index in [1.54, 1.807) is 24.3 Å². The van der Waals surface area contributed by atoms with Gasteiger partial charge in [0.15, 0.2) is 0 Å². The molecule has 0 atom stereocenters. The van der Waals surface area contributed by atoms with E-state index >= 15 is 0 Å². The van der Waals surface area contributed by atoms with Gasteiger partial charge in [-0.3, -0.25) is 4.79 Å². The molecule has 0 saturated carbocycles. The van der Waals surface area contributed by atoms with Crippen molar-refractivity contribution >= 4 is 39.3 Å². The number of benzene rings is 1. The minimum absolute atomic E-state index is 0.126. The smallest absolute Gasteiger partial charge is 0.248 e. The van der Waals surface area contributed by atoms with Crippen LogP contribution >= 0.6 is 11.6 Å². The topological polar surface area (TPSA) is 79.6 Å². The Morgan fingerprint density at radius 2 is 2.04 bits per heavy atom. The molecule has 1 N–H and O–H groups in total.